The van der Waals surface area contributed by atoms with Crippen molar-refractivity contribution in [3.8, 4) is 0 Å². The number of benzene rings is 1. The van der Waals surface area contributed by atoms with Gasteiger partial charge < -0.3 is 5.11 Å². The SMILES string of the molecule is OCNCc1ccc2cnccc2c1. The molecule has 0 aliphatic carbocycles. The monoisotopic (exact) mass is 188 g/mol. The second kappa shape index (κ2) is 4.17. The number of fused-ring (bicyclic) bond motifs is 1. The van der Waals surface area contributed by atoms with E-state index >= 15 is 0 Å². The number of hydrogen-bond acceptors (Lipinski definition) is 3. The predicted molar refractivity (Wildman–Crippen MR) is 55.7 cm³/mol. The third kappa shape index (κ3) is 1.89. The molecule has 3 nitrogen and oxygen atoms in total. The second-order valence-electron chi connectivity index (χ2n) is 3.14. The van der Waals surface area contributed by atoms with E-state index in [-0.39, 0.29) is 6.73 Å². The van der Waals surface area contributed by atoms with Crippen LogP contribution in [0.15, 0.2) is 36.7 Å². The van der Waals surface area contributed by atoms with Gasteiger partial charge in [-0.3, -0.25) is 10.3 Å². The molecule has 0 fully saturated rings. The summed E-state index contributed by atoms with van der Waals surface area (Å²) in [5.74, 6) is 0. The normalized spacial score (nSPS) is 10.6. The minimum absolute atomic E-state index is 0.00832. The molecule has 72 valence electrons. The first-order valence-corrected chi connectivity index (χ1v) is 4.54. The van der Waals surface area contributed by atoms with Gasteiger partial charge >= 0.3 is 0 Å². The van der Waals surface area contributed by atoms with Crippen LogP contribution in [0.25, 0.3) is 10.8 Å². The standard InChI is InChI=1S/C11H12N2O/c14-8-13-6-9-1-2-11-7-12-4-3-10(11)5-9/h1-5,7,13-14H,6,8H2. The van der Waals surface area contributed by atoms with E-state index in [0.717, 1.165) is 10.9 Å². The molecule has 2 rings (SSSR count). The van der Waals surface area contributed by atoms with E-state index < -0.39 is 0 Å². The summed E-state index contributed by atoms with van der Waals surface area (Å²) >= 11 is 0. The van der Waals surface area contributed by atoms with E-state index in [2.05, 4.69) is 16.4 Å². The van der Waals surface area contributed by atoms with E-state index in [4.69, 9.17) is 5.11 Å². The van der Waals surface area contributed by atoms with E-state index in [1.165, 1.54) is 5.39 Å². The van der Waals surface area contributed by atoms with Gasteiger partial charge in [-0.25, -0.2) is 0 Å². The molecule has 0 aliphatic rings. The Morgan fingerprint density at radius 3 is 3.00 bits per heavy atom. The van der Waals surface area contributed by atoms with Crippen LogP contribution in [0.3, 0.4) is 0 Å². The molecule has 14 heavy (non-hydrogen) atoms. The van der Waals surface area contributed by atoms with Crippen molar-refractivity contribution in [3.63, 3.8) is 0 Å². The van der Waals surface area contributed by atoms with Gasteiger partial charge in [-0.2, -0.15) is 0 Å². The summed E-state index contributed by atoms with van der Waals surface area (Å²) in [6.07, 6.45) is 3.63. The third-order valence-electron chi connectivity index (χ3n) is 2.15. The lowest BCUT2D eigenvalue weighted by molar-refractivity contribution is 0.259. The van der Waals surface area contributed by atoms with Crippen LogP contribution in [0.5, 0.6) is 0 Å². The summed E-state index contributed by atoms with van der Waals surface area (Å²) in [5.41, 5.74) is 1.16. The summed E-state index contributed by atoms with van der Waals surface area (Å²) < 4.78 is 0. The topological polar surface area (TPSA) is 45.1 Å². The van der Waals surface area contributed by atoms with E-state index in [0.29, 0.717) is 6.54 Å². The van der Waals surface area contributed by atoms with Crippen molar-refractivity contribution in [1.82, 2.24) is 10.3 Å². The van der Waals surface area contributed by atoms with Gasteiger partial charge in [-0.15, -0.1) is 0 Å². The quantitative estimate of drug-likeness (QED) is 0.713. The highest BCUT2D eigenvalue weighted by molar-refractivity contribution is 5.81. The number of rotatable bonds is 3. The van der Waals surface area contributed by atoms with Crippen LogP contribution in [0, 0.1) is 0 Å². The minimum atomic E-state index is 0.00832. The lowest BCUT2D eigenvalue weighted by atomic mass is 10.1. The van der Waals surface area contributed by atoms with E-state index in [1.54, 1.807) is 6.20 Å². The fourth-order valence-corrected chi connectivity index (χ4v) is 1.44. The Bertz CT molecular complexity index is 428. The predicted octanol–water partition coefficient (Wildman–Crippen LogP) is 1.27. The van der Waals surface area contributed by atoms with Crippen molar-refractivity contribution in [1.29, 1.82) is 0 Å². The molecule has 0 bridgehead atoms. The molecule has 2 N–H and O–H groups in total. The fourth-order valence-electron chi connectivity index (χ4n) is 1.44. The van der Waals surface area contributed by atoms with E-state index in [1.807, 2.05) is 24.4 Å². The first-order chi connectivity index (χ1) is 6.90. The molecule has 0 atom stereocenters. The van der Waals surface area contributed by atoms with E-state index in [9.17, 15) is 0 Å². The molecule has 0 saturated heterocycles. The largest absolute Gasteiger partial charge is 0.381 e. The molecule has 0 aliphatic heterocycles. The van der Waals surface area contributed by atoms with Crippen LogP contribution in [0.2, 0.25) is 0 Å². The van der Waals surface area contributed by atoms with Crippen LogP contribution >= 0.6 is 0 Å². The smallest absolute Gasteiger partial charge is 0.0934 e. The van der Waals surface area contributed by atoms with Crippen molar-refractivity contribution in [2.45, 2.75) is 6.54 Å². The number of aliphatic hydroxyl groups is 1. The molecule has 0 saturated carbocycles. The van der Waals surface area contributed by atoms with Crippen molar-refractivity contribution in [3.05, 3.63) is 42.2 Å². The molecular formula is C11H12N2O. The second-order valence-corrected chi connectivity index (χ2v) is 3.14. The Morgan fingerprint density at radius 2 is 2.14 bits per heavy atom. The molecule has 1 aromatic heterocycles. The summed E-state index contributed by atoms with van der Waals surface area (Å²) in [4.78, 5) is 4.05. The molecule has 2 aromatic rings. The van der Waals surface area contributed by atoms with Crippen molar-refractivity contribution in [2.75, 3.05) is 6.73 Å². The molecule has 1 heterocycles. The van der Waals surface area contributed by atoms with Gasteiger partial charge in [0.2, 0.25) is 0 Å². The Balaban J connectivity index is 2.32. The first-order valence-electron chi connectivity index (χ1n) is 4.54. The Labute approximate surface area is 82.4 Å². The average molecular weight is 188 g/mol. The number of pyridine rings is 1. The fraction of sp³-hybridized carbons (Fsp3) is 0.182. The number of aromatic nitrogens is 1. The van der Waals surface area contributed by atoms with Crippen molar-refractivity contribution in [2.24, 2.45) is 0 Å². The molecule has 1 aromatic carbocycles. The Morgan fingerprint density at radius 1 is 1.21 bits per heavy atom. The highest BCUT2D eigenvalue weighted by Crippen LogP contribution is 2.13. The maximum Gasteiger partial charge on any atom is 0.0934 e. The molecule has 0 radical (unpaired) electrons. The number of nitrogens with zero attached hydrogens (tertiary/aromatic N) is 1. The highest BCUT2D eigenvalue weighted by Gasteiger charge is 1.95. The molecule has 0 spiro atoms. The van der Waals surface area contributed by atoms with Crippen LogP contribution < -0.4 is 5.32 Å². The zero-order valence-corrected chi connectivity index (χ0v) is 7.77. The molecule has 0 amide bonds. The first kappa shape index (κ1) is 9.12. The highest BCUT2D eigenvalue weighted by atomic mass is 16.3. The lowest BCUT2D eigenvalue weighted by Gasteiger charge is -2.03. The van der Waals surface area contributed by atoms with Crippen LogP contribution in [0.4, 0.5) is 0 Å². The zero-order valence-electron chi connectivity index (χ0n) is 7.77. The van der Waals surface area contributed by atoms with Gasteiger partial charge in [-0.05, 0) is 23.1 Å². The van der Waals surface area contributed by atoms with Gasteiger partial charge in [0, 0.05) is 24.3 Å². The molecular weight excluding hydrogens is 176 g/mol. The van der Waals surface area contributed by atoms with Gasteiger partial charge in [0.25, 0.3) is 0 Å². The maximum absolute atomic E-state index is 8.62. The van der Waals surface area contributed by atoms with Gasteiger partial charge in [0.05, 0.1) is 6.73 Å². The van der Waals surface area contributed by atoms with Crippen molar-refractivity contribution >= 4 is 10.8 Å². The zero-order chi connectivity index (χ0) is 9.80. The van der Waals surface area contributed by atoms with Crippen LogP contribution in [-0.2, 0) is 6.54 Å². The maximum atomic E-state index is 8.62. The number of nitrogens with one attached hydrogen (secondary N) is 1. The number of hydrogen-bond donors (Lipinski definition) is 2. The summed E-state index contributed by atoms with van der Waals surface area (Å²) in [6, 6.07) is 8.15. The summed E-state index contributed by atoms with van der Waals surface area (Å²) in [7, 11) is 0. The van der Waals surface area contributed by atoms with Crippen LogP contribution in [0.1, 0.15) is 5.56 Å². The number of aliphatic hydroxyl groups excluding tert-OH is 1. The minimum Gasteiger partial charge on any atom is -0.381 e. The third-order valence-corrected chi connectivity index (χ3v) is 2.15. The Kier molecular flexibility index (Phi) is 2.72. The van der Waals surface area contributed by atoms with Gasteiger partial charge in [-0.1, -0.05) is 12.1 Å². The Hall–Kier alpha value is -1.45. The molecule has 3 heteroatoms. The van der Waals surface area contributed by atoms with Gasteiger partial charge in [0.15, 0.2) is 0 Å². The lowest BCUT2D eigenvalue weighted by Crippen LogP contribution is -2.13. The average Bonchev–Trinajstić information content (AvgIpc) is 2.26. The van der Waals surface area contributed by atoms with Gasteiger partial charge in [0.1, 0.15) is 0 Å². The van der Waals surface area contributed by atoms with Crippen molar-refractivity contribution < 1.29 is 5.11 Å². The summed E-state index contributed by atoms with van der Waals surface area (Å²) in [6.45, 7) is 0.698. The summed E-state index contributed by atoms with van der Waals surface area (Å²) in [5, 5.41) is 13.8. The van der Waals surface area contributed by atoms with Crippen LogP contribution in [-0.4, -0.2) is 16.8 Å². The molecule has 0 unspecified atom stereocenters.